The van der Waals surface area contributed by atoms with Gasteiger partial charge in [-0.25, -0.2) is 0 Å². The number of nitrogens with one attached hydrogen (secondary N) is 1. The lowest BCUT2D eigenvalue weighted by Gasteiger charge is -2.38. The van der Waals surface area contributed by atoms with E-state index in [1.54, 1.807) is 5.56 Å². The molecule has 0 aromatic heterocycles. The van der Waals surface area contributed by atoms with E-state index >= 15 is 0 Å². The van der Waals surface area contributed by atoms with E-state index in [1.807, 2.05) is 0 Å². The normalized spacial score (nSPS) is 20.4. The topological polar surface area (TPSA) is 12.0 Å². The monoisotopic (exact) mass is 287 g/mol. The molecule has 21 heavy (non-hydrogen) atoms. The Morgan fingerprint density at radius 2 is 1.71 bits per heavy atom. The van der Waals surface area contributed by atoms with Crippen molar-refractivity contribution in [1.29, 1.82) is 0 Å². The van der Waals surface area contributed by atoms with Crippen LogP contribution in [0.1, 0.15) is 63.1 Å². The fourth-order valence-corrected chi connectivity index (χ4v) is 3.88. The van der Waals surface area contributed by atoms with Gasteiger partial charge in [-0.1, -0.05) is 39.0 Å². The van der Waals surface area contributed by atoms with Gasteiger partial charge in [0.1, 0.15) is 0 Å². The Balaban J connectivity index is 2.09. The molecule has 1 aromatic carbocycles. The molecule has 1 saturated carbocycles. The molecule has 1 unspecified atom stereocenters. The van der Waals surface area contributed by atoms with E-state index in [-0.39, 0.29) is 0 Å². The predicted octanol–water partition coefficient (Wildman–Crippen LogP) is 5.04. The van der Waals surface area contributed by atoms with Crippen LogP contribution >= 0.6 is 0 Å². The van der Waals surface area contributed by atoms with E-state index in [9.17, 15) is 0 Å². The van der Waals surface area contributed by atoms with E-state index in [2.05, 4.69) is 58.1 Å². The van der Waals surface area contributed by atoms with Gasteiger partial charge in [0.2, 0.25) is 0 Å². The van der Waals surface area contributed by atoms with E-state index < -0.39 is 0 Å². The average molecular weight is 287 g/mol. The highest BCUT2D eigenvalue weighted by molar-refractivity contribution is 5.34. The van der Waals surface area contributed by atoms with Crippen LogP contribution in [0.4, 0.5) is 0 Å². The average Bonchev–Trinajstić information content (AvgIpc) is 2.42. The zero-order valence-corrected chi connectivity index (χ0v) is 14.6. The highest BCUT2D eigenvalue weighted by atomic mass is 14.9. The molecule has 1 aliphatic carbocycles. The maximum absolute atomic E-state index is 3.78. The lowest BCUT2D eigenvalue weighted by molar-refractivity contribution is 0.161. The zero-order chi connectivity index (χ0) is 15.5. The Hall–Kier alpha value is -0.820. The Labute approximate surface area is 131 Å². The van der Waals surface area contributed by atoms with Crippen LogP contribution in [0.3, 0.4) is 0 Å². The van der Waals surface area contributed by atoms with Gasteiger partial charge in [-0.3, -0.25) is 0 Å². The van der Waals surface area contributed by atoms with E-state index in [1.165, 1.54) is 43.2 Å². The molecule has 1 fully saturated rings. The lowest BCUT2D eigenvalue weighted by atomic mass is 9.70. The second kappa shape index (κ2) is 6.96. The van der Waals surface area contributed by atoms with E-state index in [0.29, 0.717) is 11.5 Å². The molecular formula is C20H33N. The van der Waals surface area contributed by atoms with Crippen LogP contribution in [0.25, 0.3) is 0 Å². The third kappa shape index (κ3) is 4.32. The highest BCUT2D eigenvalue weighted by Crippen LogP contribution is 2.39. The maximum Gasteiger partial charge on any atom is 0.0136 e. The summed E-state index contributed by atoms with van der Waals surface area (Å²) in [5.41, 5.74) is 5.03. The zero-order valence-electron chi connectivity index (χ0n) is 14.6. The second-order valence-electron chi connectivity index (χ2n) is 7.74. The Morgan fingerprint density at radius 3 is 2.24 bits per heavy atom. The van der Waals surface area contributed by atoms with Gasteiger partial charge < -0.3 is 5.32 Å². The molecule has 0 bridgehead atoms. The first kappa shape index (κ1) is 16.5. The largest absolute Gasteiger partial charge is 0.314 e. The first-order chi connectivity index (χ1) is 9.93. The van der Waals surface area contributed by atoms with Crippen LogP contribution in [-0.2, 0) is 6.42 Å². The summed E-state index contributed by atoms with van der Waals surface area (Å²) in [6.45, 7) is 12.7. The first-order valence-corrected chi connectivity index (χ1v) is 8.71. The minimum Gasteiger partial charge on any atom is -0.314 e. The SMILES string of the molecule is CCNC(Cc1c(C)cccc1C)C1CCC(C)(C)CC1. The Bertz CT molecular complexity index is 431. The summed E-state index contributed by atoms with van der Waals surface area (Å²) in [5, 5.41) is 3.78. The first-order valence-electron chi connectivity index (χ1n) is 8.71. The molecule has 118 valence electrons. The Morgan fingerprint density at radius 1 is 1.14 bits per heavy atom. The molecule has 1 N–H and O–H groups in total. The lowest BCUT2D eigenvalue weighted by Crippen LogP contribution is -2.41. The number of likely N-dealkylation sites (N-methyl/N-ethyl adjacent to an activating group) is 1. The van der Waals surface area contributed by atoms with Crippen LogP contribution in [-0.4, -0.2) is 12.6 Å². The molecule has 1 nitrogen and oxygen atoms in total. The number of aryl methyl sites for hydroxylation is 2. The van der Waals surface area contributed by atoms with Crippen molar-refractivity contribution in [1.82, 2.24) is 5.32 Å². The highest BCUT2D eigenvalue weighted by Gasteiger charge is 2.31. The van der Waals surface area contributed by atoms with Crippen LogP contribution < -0.4 is 5.32 Å². The van der Waals surface area contributed by atoms with Crippen LogP contribution in [0.15, 0.2) is 18.2 Å². The fraction of sp³-hybridized carbons (Fsp3) is 0.700. The van der Waals surface area contributed by atoms with Gasteiger partial charge in [0, 0.05) is 6.04 Å². The van der Waals surface area contributed by atoms with Gasteiger partial charge in [0.25, 0.3) is 0 Å². The van der Waals surface area contributed by atoms with E-state index in [0.717, 1.165) is 12.5 Å². The van der Waals surface area contributed by atoms with Gasteiger partial charge in [-0.05, 0) is 80.5 Å². The number of hydrogen-bond donors (Lipinski definition) is 1. The number of benzene rings is 1. The molecule has 2 rings (SSSR count). The quantitative estimate of drug-likeness (QED) is 0.800. The van der Waals surface area contributed by atoms with Crippen LogP contribution in [0.2, 0.25) is 0 Å². The number of rotatable bonds is 5. The van der Waals surface area contributed by atoms with Crippen molar-refractivity contribution in [3.8, 4) is 0 Å². The van der Waals surface area contributed by atoms with Crippen molar-refractivity contribution in [2.45, 2.75) is 72.8 Å². The molecule has 1 aliphatic rings. The van der Waals surface area contributed by atoms with Crippen LogP contribution in [0, 0.1) is 25.2 Å². The van der Waals surface area contributed by atoms with E-state index in [4.69, 9.17) is 0 Å². The van der Waals surface area contributed by atoms with Crippen molar-refractivity contribution in [2.24, 2.45) is 11.3 Å². The maximum atomic E-state index is 3.78. The van der Waals surface area contributed by atoms with Gasteiger partial charge in [-0.2, -0.15) is 0 Å². The molecule has 0 heterocycles. The molecule has 0 spiro atoms. The molecule has 1 aromatic rings. The third-order valence-corrected chi connectivity index (χ3v) is 5.49. The summed E-state index contributed by atoms with van der Waals surface area (Å²) in [6, 6.07) is 7.34. The molecule has 0 amide bonds. The minimum atomic E-state index is 0.561. The smallest absolute Gasteiger partial charge is 0.0136 e. The summed E-state index contributed by atoms with van der Waals surface area (Å²) in [4.78, 5) is 0. The summed E-state index contributed by atoms with van der Waals surface area (Å²) >= 11 is 0. The summed E-state index contributed by atoms with van der Waals surface area (Å²) in [7, 11) is 0. The standard InChI is InChI=1S/C20H33N/c1-6-21-19(17-10-12-20(4,5)13-11-17)14-18-15(2)8-7-9-16(18)3/h7-9,17,19,21H,6,10-14H2,1-5H3. The fourth-order valence-electron chi connectivity index (χ4n) is 3.88. The van der Waals surface area contributed by atoms with Crippen molar-refractivity contribution < 1.29 is 0 Å². The third-order valence-electron chi connectivity index (χ3n) is 5.49. The molecule has 0 aliphatic heterocycles. The van der Waals surface area contributed by atoms with Crippen molar-refractivity contribution in [3.05, 3.63) is 34.9 Å². The van der Waals surface area contributed by atoms with Gasteiger partial charge in [0.05, 0.1) is 0 Å². The number of hydrogen-bond acceptors (Lipinski definition) is 1. The summed E-state index contributed by atoms with van der Waals surface area (Å²) in [6.07, 6.45) is 6.72. The summed E-state index contributed by atoms with van der Waals surface area (Å²) in [5.74, 6) is 0.844. The molecule has 1 heteroatoms. The van der Waals surface area contributed by atoms with Crippen LogP contribution in [0.5, 0.6) is 0 Å². The molecule has 1 atom stereocenters. The Kier molecular flexibility index (Phi) is 5.48. The second-order valence-corrected chi connectivity index (χ2v) is 7.74. The molecule has 0 saturated heterocycles. The summed E-state index contributed by atoms with van der Waals surface area (Å²) < 4.78 is 0. The van der Waals surface area contributed by atoms with Crippen molar-refractivity contribution >= 4 is 0 Å². The predicted molar refractivity (Wildman–Crippen MR) is 92.8 cm³/mol. The molecular weight excluding hydrogens is 254 g/mol. The molecule has 0 radical (unpaired) electrons. The van der Waals surface area contributed by atoms with Crippen molar-refractivity contribution in [2.75, 3.05) is 6.54 Å². The minimum absolute atomic E-state index is 0.561. The van der Waals surface area contributed by atoms with Gasteiger partial charge >= 0.3 is 0 Å². The van der Waals surface area contributed by atoms with Crippen molar-refractivity contribution in [3.63, 3.8) is 0 Å². The van der Waals surface area contributed by atoms with Gasteiger partial charge in [-0.15, -0.1) is 0 Å². The van der Waals surface area contributed by atoms with Gasteiger partial charge in [0.15, 0.2) is 0 Å².